The van der Waals surface area contributed by atoms with Gasteiger partial charge in [0.05, 0.1) is 15.5 Å². The molecule has 0 radical (unpaired) electrons. The molecule has 0 aliphatic rings. The van der Waals surface area contributed by atoms with Crippen LogP contribution >= 0.6 is 0 Å². The molecule has 0 N–H and O–H groups in total. The van der Waals surface area contributed by atoms with E-state index < -0.39 is 9.85 Å². The predicted octanol–water partition coefficient (Wildman–Crippen LogP) is 1.85. The van der Waals surface area contributed by atoms with E-state index >= 15 is 0 Å². The standard InChI is InChI=1S/C26H19N10O4.ClH/c1-17-25(22(31-33(17)2)14-8-18-4-10-20(11-5-18)35(37)38)30-28-16-24-26(29-27)23(32-34(24)3)15-9-19-6-12-21(13-7-19)36(39)40;/h4-7,10-13H,16H2,1-3H3;1H/q+1;/p-1. The lowest BCUT2D eigenvalue weighted by Gasteiger charge is -1.95. The second kappa shape index (κ2) is 12.8. The van der Waals surface area contributed by atoms with E-state index in [1.807, 2.05) is 6.92 Å². The Bertz CT molecular complexity index is 1830. The van der Waals surface area contributed by atoms with Crippen LogP contribution in [0.1, 0.15) is 33.9 Å². The number of aryl methyl sites for hydroxylation is 2. The van der Waals surface area contributed by atoms with Crippen molar-refractivity contribution in [2.24, 2.45) is 24.3 Å². The van der Waals surface area contributed by atoms with E-state index in [0.717, 1.165) is 0 Å². The highest BCUT2D eigenvalue weighted by Gasteiger charge is 2.26. The third kappa shape index (κ3) is 6.75. The maximum absolute atomic E-state index is 10.8. The summed E-state index contributed by atoms with van der Waals surface area (Å²) < 4.78 is 3.08. The molecule has 0 amide bonds. The van der Waals surface area contributed by atoms with Gasteiger partial charge < -0.3 is 12.4 Å². The Hall–Kier alpha value is -5.91. The first-order chi connectivity index (χ1) is 19.2. The van der Waals surface area contributed by atoms with Crippen LogP contribution in [-0.2, 0) is 20.6 Å². The van der Waals surface area contributed by atoms with Gasteiger partial charge in [-0.15, -0.1) is 0 Å². The molecule has 0 atom stereocenters. The molecule has 0 spiro atoms. The Morgan fingerprint density at radius 2 is 1.34 bits per heavy atom. The van der Waals surface area contributed by atoms with E-state index in [1.165, 1.54) is 41.1 Å². The highest BCUT2D eigenvalue weighted by atomic mass is 35.5. The fourth-order valence-electron chi connectivity index (χ4n) is 3.48. The maximum atomic E-state index is 10.8. The summed E-state index contributed by atoms with van der Waals surface area (Å²) in [5.74, 6) is 11.5. The molecule has 14 nitrogen and oxygen atoms in total. The largest absolute Gasteiger partial charge is 1.00 e. The molecule has 4 aromatic rings. The average Bonchev–Trinajstić information content (AvgIpc) is 3.40. The summed E-state index contributed by atoms with van der Waals surface area (Å²) in [6.45, 7) is 1.81. The molecule has 204 valence electrons. The first-order valence-electron chi connectivity index (χ1n) is 11.5. The van der Waals surface area contributed by atoms with Crippen molar-refractivity contribution in [2.75, 3.05) is 0 Å². The number of hydrogen-bond acceptors (Lipinski definition) is 9. The zero-order valence-corrected chi connectivity index (χ0v) is 22.6. The van der Waals surface area contributed by atoms with Gasteiger partial charge in [-0.2, -0.15) is 20.4 Å². The smallest absolute Gasteiger partial charge is 0.443 e. The number of aromatic nitrogens is 4. The van der Waals surface area contributed by atoms with E-state index in [2.05, 4.69) is 49.1 Å². The van der Waals surface area contributed by atoms with Gasteiger partial charge in [-0.05, 0) is 43.0 Å². The second-order valence-corrected chi connectivity index (χ2v) is 8.28. The number of hydrogen-bond donors (Lipinski definition) is 0. The average molecular weight is 571 g/mol. The number of nitrogens with zero attached hydrogens (tertiary/aromatic N) is 10. The Morgan fingerprint density at radius 1 is 0.854 bits per heavy atom. The normalized spacial score (nSPS) is 10.1. The SMILES string of the molecule is Cc1c(N=NCc2c([N+]#N)c(C#Cc3ccc([N+](=O)[O-])cc3)nn2C)c(C#Cc2ccc([N+](=O)[O-])cc2)nn1C.[Cl-]. The van der Waals surface area contributed by atoms with Crippen molar-refractivity contribution in [3.05, 3.63) is 108 Å². The highest BCUT2D eigenvalue weighted by Crippen LogP contribution is 2.27. The van der Waals surface area contributed by atoms with Gasteiger partial charge in [0.1, 0.15) is 12.2 Å². The van der Waals surface area contributed by atoms with Crippen LogP contribution in [0, 0.1) is 56.2 Å². The van der Waals surface area contributed by atoms with Gasteiger partial charge in [0.25, 0.3) is 11.4 Å². The Labute approximate surface area is 239 Å². The molecule has 0 saturated heterocycles. The number of nitro benzene ring substituents is 2. The number of non-ortho nitro benzene ring substituents is 2. The van der Waals surface area contributed by atoms with E-state index in [4.69, 9.17) is 0 Å². The molecule has 2 aromatic heterocycles. The van der Waals surface area contributed by atoms with Crippen molar-refractivity contribution in [1.82, 2.24) is 19.6 Å². The van der Waals surface area contributed by atoms with Crippen molar-refractivity contribution in [3.63, 3.8) is 0 Å². The minimum Gasteiger partial charge on any atom is -1.00 e. The number of diazo groups is 1. The predicted molar refractivity (Wildman–Crippen MR) is 142 cm³/mol. The van der Waals surface area contributed by atoms with Crippen LogP contribution in [0.15, 0.2) is 58.8 Å². The second-order valence-electron chi connectivity index (χ2n) is 8.28. The van der Waals surface area contributed by atoms with Gasteiger partial charge in [0, 0.05) is 49.5 Å². The number of benzene rings is 2. The van der Waals surface area contributed by atoms with Gasteiger partial charge in [0.2, 0.25) is 11.1 Å². The highest BCUT2D eigenvalue weighted by molar-refractivity contribution is 5.61. The molecule has 0 unspecified atom stereocenters. The molecular formula is C26H19ClN10O4. The minimum atomic E-state index is -0.499. The zero-order chi connectivity index (χ0) is 28.8. The van der Waals surface area contributed by atoms with E-state index in [9.17, 15) is 25.6 Å². The van der Waals surface area contributed by atoms with Crippen molar-refractivity contribution < 1.29 is 22.3 Å². The van der Waals surface area contributed by atoms with Crippen molar-refractivity contribution in [1.29, 1.82) is 5.39 Å². The van der Waals surface area contributed by atoms with Crippen LogP contribution in [0.2, 0.25) is 0 Å². The molecule has 2 heterocycles. The third-order valence-electron chi connectivity index (χ3n) is 5.74. The lowest BCUT2D eigenvalue weighted by atomic mass is 10.2. The summed E-state index contributed by atoms with van der Waals surface area (Å²) in [4.78, 5) is 24.0. The molecule has 4 rings (SSSR count). The lowest BCUT2D eigenvalue weighted by molar-refractivity contribution is -0.385. The van der Waals surface area contributed by atoms with Crippen molar-refractivity contribution >= 4 is 22.7 Å². The monoisotopic (exact) mass is 570 g/mol. The first-order valence-corrected chi connectivity index (χ1v) is 11.5. The molecule has 0 bridgehead atoms. The number of nitro groups is 2. The van der Waals surface area contributed by atoms with E-state index in [1.54, 1.807) is 30.9 Å². The number of azo groups is 1. The van der Waals surface area contributed by atoms with Gasteiger partial charge >= 0.3 is 5.69 Å². The summed E-state index contributed by atoms with van der Waals surface area (Å²) in [7, 11) is 3.39. The summed E-state index contributed by atoms with van der Waals surface area (Å²) in [5.41, 5.74) is 3.30. The number of rotatable bonds is 5. The van der Waals surface area contributed by atoms with Crippen LogP contribution < -0.4 is 12.4 Å². The van der Waals surface area contributed by atoms with Gasteiger partial charge in [-0.25, -0.2) is 0 Å². The maximum Gasteiger partial charge on any atom is 0.443 e. The van der Waals surface area contributed by atoms with E-state index in [-0.39, 0.29) is 41.7 Å². The summed E-state index contributed by atoms with van der Waals surface area (Å²) >= 11 is 0. The van der Waals surface area contributed by atoms with Crippen molar-refractivity contribution in [3.8, 4) is 23.7 Å². The van der Waals surface area contributed by atoms with Crippen LogP contribution in [0.25, 0.3) is 4.98 Å². The fraction of sp³-hybridized carbons (Fsp3) is 0.154. The molecule has 0 aliphatic heterocycles. The zero-order valence-electron chi connectivity index (χ0n) is 21.8. The molecule has 2 aromatic carbocycles. The van der Waals surface area contributed by atoms with Gasteiger partial charge in [-0.3, -0.25) is 29.6 Å². The quantitative estimate of drug-likeness (QED) is 0.116. The molecule has 15 heteroatoms. The van der Waals surface area contributed by atoms with Crippen LogP contribution in [0.4, 0.5) is 22.7 Å². The lowest BCUT2D eigenvalue weighted by Crippen LogP contribution is -3.00. The molecule has 0 aliphatic carbocycles. The third-order valence-corrected chi connectivity index (χ3v) is 5.74. The molecule has 0 fully saturated rings. The first kappa shape index (κ1) is 29.6. The minimum absolute atomic E-state index is 0. The van der Waals surface area contributed by atoms with Gasteiger partial charge in [0.15, 0.2) is 16.4 Å². The summed E-state index contributed by atoms with van der Waals surface area (Å²) in [6, 6.07) is 11.5. The summed E-state index contributed by atoms with van der Waals surface area (Å²) in [5, 5.41) is 48.5. The Balaban J connectivity index is 0.00000462. The van der Waals surface area contributed by atoms with Crippen molar-refractivity contribution in [2.45, 2.75) is 13.5 Å². The number of halogens is 1. The van der Waals surface area contributed by atoms with E-state index in [0.29, 0.717) is 33.9 Å². The molecule has 0 saturated carbocycles. The van der Waals surface area contributed by atoms with Gasteiger partial charge in [-0.1, -0.05) is 11.8 Å². The Morgan fingerprint density at radius 3 is 1.83 bits per heavy atom. The summed E-state index contributed by atoms with van der Waals surface area (Å²) in [6.07, 6.45) is 0. The van der Waals surface area contributed by atoms with Crippen LogP contribution in [-0.4, -0.2) is 29.4 Å². The molecular weight excluding hydrogens is 552 g/mol. The van der Waals surface area contributed by atoms with Crippen LogP contribution in [0.3, 0.4) is 0 Å². The topological polar surface area (TPSA) is 175 Å². The molecule has 41 heavy (non-hydrogen) atoms. The van der Waals surface area contributed by atoms with Crippen LogP contribution in [0.5, 0.6) is 0 Å². The Kier molecular flexibility index (Phi) is 9.22. The fourth-order valence-corrected chi connectivity index (χ4v) is 3.48.